The number of rotatable bonds is 8. The molecule has 12 heteroatoms. The highest BCUT2D eigenvalue weighted by Gasteiger charge is 2.42. The summed E-state index contributed by atoms with van der Waals surface area (Å²) in [5.74, 6) is 0.615. The van der Waals surface area contributed by atoms with E-state index in [-0.39, 0.29) is 24.8 Å². The van der Waals surface area contributed by atoms with Crippen LogP contribution < -0.4 is 15.5 Å². The molecule has 252 valence electrons. The van der Waals surface area contributed by atoms with Crippen molar-refractivity contribution in [3.05, 3.63) is 71.3 Å². The highest BCUT2D eigenvalue weighted by atomic mass is 16.3. The number of hydrogen-bond donors (Lipinski definition) is 3. The third kappa shape index (κ3) is 6.64. The molecule has 0 aliphatic carbocycles. The maximum atomic E-state index is 13.1. The van der Waals surface area contributed by atoms with Gasteiger partial charge < -0.3 is 25.1 Å². The minimum Gasteiger partial charge on any atom is -0.383 e. The maximum absolute atomic E-state index is 13.1. The van der Waals surface area contributed by atoms with Gasteiger partial charge in [-0.15, -0.1) is 0 Å². The van der Waals surface area contributed by atoms with Crippen LogP contribution in [0.4, 0.5) is 17.3 Å². The van der Waals surface area contributed by atoms with E-state index in [0.717, 1.165) is 56.8 Å². The molecule has 3 amide bonds. The van der Waals surface area contributed by atoms with Gasteiger partial charge in [-0.25, -0.2) is 9.97 Å². The molecule has 6 heterocycles. The molecular formula is C36H44N8O4. The lowest BCUT2D eigenvalue weighted by Gasteiger charge is -2.41. The lowest BCUT2D eigenvalue weighted by molar-refractivity contribution is -0.136. The third-order valence-electron chi connectivity index (χ3n) is 10.5. The molecule has 7 rings (SSSR count). The van der Waals surface area contributed by atoms with Gasteiger partial charge in [0.25, 0.3) is 5.91 Å². The van der Waals surface area contributed by atoms with Gasteiger partial charge in [0.05, 0.1) is 23.5 Å². The number of carbonyl (C=O) groups is 3. The molecule has 0 spiro atoms. The summed E-state index contributed by atoms with van der Waals surface area (Å²) in [6, 6.07) is 11.3. The number of nitrogens with one attached hydrogen (secondary N) is 2. The summed E-state index contributed by atoms with van der Waals surface area (Å²) in [4.78, 5) is 57.1. The highest BCUT2D eigenvalue weighted by molar-refractivity contribution is 6.05. The Labute approximate surface area is 281 Å². The van der Waals surface area contributed by atoms with Gasteiger partial charge in [-0.1, -0.05) is 13.8 Å². The summed E-state index contributed by atoms with van der Waals surface area (Å²) in [7, 11) is 0. The maximum Gasteiger partial charge on any atom is 0.256 e. The third-order valence-corrected chi connectivity index (χ3v) is 10.5. The van der Waals surface area contributed by atoms with Crippen molar-refractivity contribution in [1.82, 2.24) is 30.1 Å². The monoisotopic (exact) mass is 652 g/mol. The average molecular weight is 653 g/mol. The zero-order chi connectivity index (χ0) is 33.4. The van der Waals surface area contributed by atoms with Crippen LogP contribution in [0.1, 0.15) is 85.6 Å². The first kappa shape index (κ1) is 32.1. The quantitative estimate of drug-likeness (QED) is 0.308. The lowest BCUT2D eigenvalue weighted by atomic mass is 9.86. The Morgan fingerprint density at radius 3 is 2.33 bits per heavy atom. The Morgan fingerprint density at radius 2 is 1.67 bits per heavy atom. The van der Waals surface area contributed by atoms with E-state index in [1.54, 1.807) is 12.1 Å². The van der Waals surface area contributed by atoms with Gasteiger partial charge in [0.15, 0.2) is 0 Å². The Kier molecular flexibility index (Phi) is 8.86. The van der Waals surface area contributed by atoms with Crippen LogP contribution >= 0.6 is 0 Å². The van der Waals surface area contributed by atoms with Crippen molar-refractivity contribution in [3.63, 3.8) is 0 Å². The molecule has 1 aromatic carbocycles. The predicted molar refractivity (Wildman–Crippen MR) is 181 cm³/mol. The summed E-state index contributed by atoms with van der Waals surface area (Å²) in [5.41, 5.74) is 3.90. The van der Waals surface area contributed by atoms with Crippen LogP contribution in [0, 0.1) is 5.92 Å². The molecule has 4 aliphatic heterocycles. The number of aromatic nitrogens is 3. The number of fused-ring (bicyclic) bond motifs is 1. The smallest absolute Gasteiger partial charge is 0.256 e. The minimum atomic E-state index is -1.05. The SMILES string of the molecule is CC(C)c1cnc(Nc2ccc(N3CCC(CN4CCC(O)(c5ccc6c(n5)CN(C5CCC(=O)NC5=O)C6=O)CC4)CC3)cc2)nc1. The second kappa shape index (κ2) is 13.2. The molecule has 1 atom stereocenters. The number of aliphatic hydroxyl groups is 1. The van der Waals surface area contributed by atoms with Crippen LogP contribution in [0.25, 0.3) is 0 Å². The van der Waals surface area contributed by atoms with E-state index in [0.29, 0.717) is 54.0 Å². The van der Waals surface area contributed by atoms with Crippen LogP contribution in [0.2, 0.25) is 0 Å². The number of carbonyl (C=O) groups excluding carboxylic acids is 3. The van der Waals surface area contributed by atoms with Crippen LogP contribution in [0.3, 0.4) is 0 Å². The Bertz CT molecular complexity index is 1660. The van der Waals surface area contributed by atoms with Crippen molar-refractivity contribution >= 4 is 35.0 Å². The molecule has 2 aromatic heterocycles. The van der Waals surface area contributed by atoms with Crippen LogP contribution in [-0.2, 0) is 21.7 Å². The molecule has 4 aliphatic rings. The molecule has 12 nitrogen and oxygen atoms in total. The van der Waals surface area contributed by atoms with Gasteiger partial charge in [-0.2, -0.15) is 0 Å². The molecule has 3 N–H and O–H groups in total. The van der Waals surface area contributed by atoms with E-state index in [1.165, 1.54) is 10.6 Å². The van der Waals surface area contributed by atoms with E-state index in [1.807, 2.05) is 12.4 Å². The topological polar surface area (TPSA) is 144 Å². The van der Waals surface area contributed by atoms with E-state index in [4.69, 9.17) is 4.98 Å². The summed E-state index contributed by atoms with van der Waals surface area (Å²) in [5, 5.41) is 17.3. The number of benzene rings is 1. The fourth-order valence-electron chi connectivity index (χ4n) is 7.38. The Hall–Kier alpha value is -4.42. The first-order valence-electron chi connectivity index (χ1n) is 17.2. The summed E-state index contributed by atoms with van der Waals surface area (Å²) in [6.45, 7) is 9.10. The number of hydrogen-bond acceptors (Lipinski definition) is 10. The average Bonchev–Trinajstić information content (AvgIpc) is 3.42. The van der Waals surface area contributed by atoms with Crippen LogP contribution in [0.15, 0.2) is 48.8 Å². The lowest BCUT2D eigenvalue weighted by Crippen LogP contribution is -2.52. The van der Waals surface area contributed by atoms with Gasteiger partial charge in [0.1, 0.15) is 11.6 Å². The zero-order valence-electron chi connectivity index (χ0n) is 27.7. The largest absolute Gasteiger partial charge is 0.383 e. The van der Waals surface area contributed by atoms with Gasteiger partial charge >= 0.3 is 0 Å². The zero-order valence-corrected chi connectivity index (χ0v) is 27.7. The van der Waals surface area contributed by atoms with E-state index >= 15 is 0 Å². The molecule has 1 unspecified atom stereocenters. The van der Waals surface area contributed by atoms with E-state index < -0.39 is 17.6 Å². The molecule has 0 saturated carbocycles. The second-order valence-electron chi connectivity index (χ2n) is 14.0. The number of nitrogens with zero attached hydrogens (tertiary/aromatic N) is 6. The summed E-state index contributed by atoms with van der Waals surface area (Å²) >= 11 is 0. The number of anilines is 3. The second-order valence-corrected chi connectivity index (χ2v) is 14.0. The van der Waals surface area contributed by atoms with Crippen molar-refractivity contribution in [3.8, 4) is 0 Å². The molecule has 3 aromatic rings. The number of likely N-dealkylation sites (tertiary alicyclic amines) is 1. The summed E-state index contributed by atoms with van der Waals surface area (Å²) < 4.78 is 0. The molecule has 48 heavy (non-hydrogen) atoms. The van der Waals surface area contributed by atoms with E-state index in [2.05, 4.69) is 68.5 Å². The van der Waals surface area contributed by atoms with Gasteiger partial charge in [0, 0.05) is 62.9 Å². The number of piperidine rings is 3. The number of amides is 3. The Morgan fingerprint density at radius 1 is 0.958 bits per heavy atom. The number of imide groups is 1. The van der Waals surface area contributed by atoms with Crippen molar-refractivity contribution in [2.45, 2.75) is 76.5 Å². The fourth-order valence-corrected chi connectivity index (χ4v) is 7.38. The van der Waals surface area contributed by atoms with E-state index in [9.17, 15) is 19.5 Å². The van der Waals surface area contributed by atoms with Gasteiger partial charge in [-0.05, 0) is 85.9 Å². The minimum absolute atomic E-state index is 0.206. The van der Waals surface area contributed by atoms with Gasteiger partial charge in [0.2, 0.25) is 17.8 Å². The van der Waals surface area contributed by atoms with Crippen molar-refractivity contribution in [2.24, 2.45) is 5.92 Å². The first-order valence-corrected chi connectivity index (χ1v) is 17.2. The van der Waals surface area contributed by atoms with Crippen molar-refractivity contribution in [2.75, 3.05) is 42.9 Å². The van der Waals surface area contributed by atoms with Crippen molar-refractivity contribution in [1.29, 1.82) is 0 Å². The predicted octanol–water partition coefficient (Wildman–Crippen LogP) is 3.70. The van der Waals surface area contributed by atoms with Crippen LogP contribution in [0.5, 0.6) is 0 Å². The Balaban J connectivity index is 0.878. The molecular weight excluding hydrogens is 608 g/mol. The van der Waals surface area contributed by atoms with Crippen molar-refractivity contribution < 1.29 is 19.5 Å². The molecule has 3 saturated heterocycles. The fraction of sp³-hybridized carbons (Fsp3) is 0.500. The molecule has 0 bridgehead atoms. The van der Waals surface area contributed by atoms with Gasteiger partial charge in [-0.3, -0.25) is 24.7 Å². The number of pyridine rings is 1. The first-order chi connectivity index (χ1) is 23.1. The summed E-state index contributed by atoms with van der Waals surface area (Å²) in [6.07, 6.45) is 7.68. The standard InChI is InChI=1S/C36H44N8O4/c1-23(2)25-19-37-35(38-20-25)39-26-3-5-27(6-4-26)43-15-11-24(12-16-43)21-42-17-13-36(48,14-18-42)31-9-7-28-29(40-31)22-44(34(28)47)30-8-10-32(45)41-33(30)46/h3-7,9,19-20,23-24,30,48H,8,10-18,21-22H2,1-2H3,(H,37,38,39)(H,41,45,46). The molecule has 3 fully saturated rings. The van der Waals surface area contributed by atoms with Crippen LogP contribution in [-0.4, -0.2) is 86.3 Å². The highest BCUT2D eigenvalue weighted by Crippen LogP contribution is 2.35. The normalized spacial score (nSPS) is 21.8. The molecule has 0 radical (unpaired) electrons.